The van der Waals surface area contributed by atoms with E-state index in [9.17, 15) is 0 Å². The Labute approximate surface area is 110 Å². The van der Waals surface area contributed by atoms with Crippen LogP contribution >= 0.6 is 0 Å². The summed E-state index contributed by atoms with van der Waals surface area (Å²) in [5, 5.41) is 3.26. The molecule has 1 atom stereocenters. The van der Waals surface area contributed by atoms with Gasteiger partial charge in [0.1, 0.15) is 6.10 Å². The smallest absolute Gasteiger partial charge is 0.157 e. The van der Waals surface area contributed by atoms with Gasteiger partial charge in [-0.25, -0.2) is 9.97 Å². The zero-order chi connectivity index (χ0) is 13.6. The summed E-state index contributed by atoms with van der Waals surface area (Å²) in [5.74, 6) is 0.768. The summed E-state index contributed by atoms with van der Waals surface area (Å²) in [4.78, 5) is 8.88. The standard InChI is InChI=1S/C14H25N3O/c1-6-15-8-11-9-16-13(17-10-11)12(18-7-2)14(3,4)5/h9-10,12,15H,6-8H2,1-5H3. The molecule has 0 aliphatic carbocycles. The van der Waals surface area contributed by atoms with Crippen LogP contribution in [0, 0.1) is 5.41 Å². The Morgan fingerprint density at radius 3 is 2.28 bits per heavy atom. The molecule has 4 nitrogen and oxygen atoms in total. The van der Waals surface area contributed by atoms with Gasteiger partial charge in [0.15, 0.2) is 5.82 Å². The summed E-state index contributed by atoms with van der Waals surface area (Å²) >= 11 is 0. The number of hydrogen-bond acceptors (Lipinski definition) is 4. The van der Waals surface area contributed by atoms with Gasteiger partial charge in [0.05, 0.1) is 0 Å². The fourth-order valence-corrected chi connectivity index (χ4v) is 1.74. The van der Waals surface area contributed by atoms with Gasteiger partial charge in [0, 0.05) is 31.1 Å². The first kappa shape index (κ1) is 15.1. The molecule has 4 heteroatoms. The minimum Gasteiger partial charge on any atom is -0.370 e. The quantitative estimate of drug-likeness (QED) is 0.844. The molecule has 0 amide bonds. The fraction of sp³-hybridized carbons (Fsp3) is 0.714. The van der Waals surface area contributed by atoms with Gasteiger partial charge in [-0.15, -0.1) is 0 Å². The Bertz CT molecular complexity index is 343. The third-order valence-corrected chi connectivity index (χ3v) is 2.66. The molecule has 0 fully saturated rings. The van der Waals surface area contributed by atoms with E-state index in [1.54, 1.807) is 0 Å². The van der Waals surface area contributed by atoms with Crippen LogP contribution in [0.5, 0.6) is 0 Å². The van der Waals surface area contributed by atoms with E-state index in [1.165, 1.54) is 0 Å². The monoisotopic (exact) mass is 251 g/mol. The lowest BCUT2D eigenvalue weighted by molar-refractivity contribution is -0.0191. The summed E-state index contributed by atoms with van der Waals surface area (Å²) < 4.78 is 5.77. The Kier molecular flexibility index (Phi) is 5.69. The van der Waals surface area contributed by atoms with Crippen LogP contribution in [0.15, 0.2) is 12.4 Å². The lowest BCUT2D eigenvalue weighted by atomic mass is 9.88. The molecule has 102 valence electrons. The molecule has 0 radical (unpaired) electrons. The molecule has 0 saturated carbocycles. The molecule has 0 aliphatic heterocycles. The molecule has 18 heavy (non-hydrogen) atoms. The van der Waals surface area contributed by atoms with E-state index in [0.29, 0.717) is 6.61 Å². The summed E-state index contributed by atoms with van der Waals surface area (Å²) in [5.41, 5.74) is 1.10. The van der Waals surface area contributed by atoms with Crippen LogP contribution in [-0.2, 0) is 11.3 Å². The minimum atomic E-state index is -0.0596. The van der Waals surface area contributed by atoms with Crippen LogP contribution < -0.4 is 5.32 Å². The van der Waals surface area contributed by atoms with Crippen molar-refractivity contribution < 1.29 is 4.74 Å². The molecule has 1 aromatic heterocycles. The largest absolute Gasteiger partial charge is 0.370 e. The summed E-state index contributed by atoms with van der Waals surface area (Å²) in [6.45, 7) is 12.9. The maximum Gasteiger partial charge on any atom is 0.157 e. The molecule has 1 rings (SSSR count). The van der Waals surface area contributed by atoms with Gasteiger partial charge in [-0.3, -0.25) is 0 Å². The van der Waals surface area contributed by atoms with E-state index in [4.69, 9.17) is 4.74 Å². The third kappa shape index (κ3) is 4.35. The zero-order valence-corrected chi connectivity index (χ0v) is 12.2. The molecule has 0 bridgehead atoms. The second kappa shape index (κ2) is 6.81. The number of rotatable bonds is 6. The molecule has 0 aliphatic rings. The van der Waals surface area contributed by atoms with E-state index in [-0.39, 0.29) is 11.5 Å². The predicted molar refractivity (Wildman–Crippen MR) is 73.2 cm³/mol. The van der Waals surface area contributed by atoms with Crippen LogP contribution in [0.1, 0.15) is 52.1 Å². The Balaban J connectivity index is 2.80. The highest BCUT2D eigenvalue weighted by Gasteiger charge is 2.29. The summed E-state index contributed by atoms with van der Waals surface area (Å²) in [7, 11) is 0. The third-order valence-electron chi connectivity index (χ3n) is 2.66. The van der Waals surface area contributed by atoms with Crippen molar-refractivity contribution >= 4 is 0 Å². The van der Waals surface area contributed by atoms with Gasteiger partial charge in [0.2, 0.25) is 0 Å². The average Bonchev–Trinajstić information content (AvgIpc) is 2.33. The van der Waals surface area contributed by atoms with Gasteiger partial charge < -0.3 is 10.1 Å². The van der Waals surface area contributed by atoms with Crippen molar-refractivity contribution in [2.75, 3.05) is 13.2 Å². The lowest BCUT2D eigenvalue weighted by Crippen LogP contribution is -2.23. The molecular formula is C14H25N3O. The van der Waals surface area contributed by atoms with Crippen molar-refractivity contribution in [1.29, 1.82) is 0 Å². The van der Waals surface area contributed by atoms with Crippen LogP contribution in [0.25, 0.3) is 0 Å². The van der Waals surface area contributed by atoms with Crippen molar-refractivity contribution in [3.63, 3.8) is 0 Å². The van der Waals surface area contributed by atoms with Gasteiger partial charge >= 0.3 is 0 Å². The SMILES string of the molecule is CCNCc1cnc(C(OCC)C(C)(C)C)nc1. The van der Waals surface area contributed by atoms with Gasteiger partial charge in [-0.2, -0.15) is 0 Å². The van der Waals surface area contributed by atoms with Crippen molar-refractivity contribution in [2.45, 2.75) is 47.3 Å². The first-order valence-electron chi connectivity index (χ1n) is 6.62. The lowest BCUT2D eigenvalue weighted by Gasteiger charge is -2.29. The highest BCUT2D eigenvalue weighted by Crippen LogP contribution is 2.33. The number of nitrogens with one attached hydrogen (secondary N) is 1. The van der Waals surface area contributed by atoms with E-state index in [1.807, 2.05) is 19.3 Å². The van der Waals surface area contributed by atoms with Crippen molar-refractivity contribution in [1.82, 2.24) is 15.3 Å². The second-order valence-electron chi connectivity index (χ2n) is 5.43. The van der Waals surface area contributed by atoms with Gasteiger partial charge in [-0.1, -0.05) is 27.7 Å². The highest BCUT2D eigenvalue weighted by molar-refractivity contribution is 5.07. The number of ether oxygens (including phenoxy) is 1. The molecule has 1 unspecified atom stereocenters. The van der Waals surface area contributed by atoms with Crippen LogP contribution in [-0.4, -0.2) is 23.1 Å². The van der Waals surface area contributed by atoms with Gasteiger partial charge in [0.25, 0.3) is 0 Å². The second-order valence-corrected chi connectivity index (χ2v) is 5.43. The van der Waals surface area contributed by atoms with E-state index < -0.39 is 0 Å². The normalized spacial score (nSPS) is 13.6. The van der Waals surface area contributed by atoms with E-state index in [0.717, 1.165) is 24.5 Å². The van der Waals surface area contributed by atoms with Crippen molar-refractivity contribution in [2.24, 2.45) is 5.41 Å². The molecule has 1 aromatic rings. The first-order chi connectivity index (χ1) is 8.49. The summed E-state index contributed by atoms with van der Waals surface area (Å²) in [6, 6.07) is 0. The van der Waals surface area contributed by atoms with E-state index in [2.05, 4.69) is 43.0 Å². The highest BCUT2D eigenvalue weighted by atomic mass is 16.5. The summed E-state index contributed by atoms with van der Waals surface area (Å²) in [6.07, 6.45) is 3.70. The van der Waals surface area contributed by atoms with Crippen molar-refractivity contribution in [3.8, 4) is 0 Å². The van der Waals surface area contributed by atoms with Crippen molar-refractivity contribution in [3.05, 3.63) is 23.8 Å². The number of nitrogens with zero attached hydrogens (tertiary/aromatic N) is 2. The maximum atomic E-state index is 5.77. The Morgan fingerprint density at radius 1 is 1.22 bits per heavy atom. The number of hydrogen-bond donors (Lipinski definition) is 1. The van der Waals surface area contributed by atoms with Crippen LogP contribution in [0.4, 0.5) is 0 Å². The average molecular weight is 251 g/mol. The van der Waals surface area contributed by atoms with Gasteiger partial charge in [-0.05, 0) is 18.9 Å². The van der Waals surface area contributed by atoms with Crippen LogP contribution in [0.3, 0.4) is 0 Å². The van der Waals surface area contributed by atoms with E-state index >= 15 is 0 Å². The Hall–Kier alpha value is -1.00. The minimum absolute atomic E-state index is 0.000798. The molecular weight excluding hydrogens is 226 g/mol. The topological polar surface area (TPSA) is 47.0 Å². The fourth-order valence-electron chi connectivity index (χ4n) is 1.74. The first-order valence-corrected chi connectivity index (χ1v) is 6.62. The molecule has 1 heterocycles. The number of aromatic nitrogens is 2. The molecule has 0 aromatic carbocycles. The maximum absolute atomic E-state index is 5.77. The van der Waals surface area contributed by atoms with Crippen LogP contribution in [0.2, 0.25) is 0 Å². The predicted octanol–water partition coefficient (Wildman–Crippen LogP) is 2.71. The molecule has 1 N–H and O–H groups in total. The zero-order valence-electron chi connectivity index (χ0n) is 12.2. The molecule has 0 saturated heterocycles. The Morgan fingerprint density at radius 2 is 1.83 bits per heavy atom. The molecule has 0 spiro atoms.